The zero-order valence-corrected chi connectivity index (χ0v) is 11.2. The molecule has 1 fully saturated rings. The maximum atomic E-state index is 13.6. The van der Waals surface area contributed by atoms with Gasteiger partial charge in [0.2, 0.25) is 5.91 Å². The Morgan fingerprint density at radius 2 is 2.05 bits per heavy atom. The Morgan fingerprint density at radius 3 is 2.74 bits per heavy atom. The summed E-state index contributed by atoms with van der Waals surface area (Å²) in [5.74, 6) is -0.478. The number of hydrogen-bond acceptors (Lipinski definition) is 2. The van der Waals surface area contributed by atoms with Crippen LogP contribution in [-0.2, 0) is 4.79 Å². The molecule has 0 bridgehead atoms. The SMILES string of the molecule is CC(NC(=O)C1CCCCC1N)c1ccccc1F. The Morgan fingerprint density at radius 1 is 1.37 bits per heavy atom. The van der Waals surface area contributed by atoms with Crippen molar-refractivity contribution >= 4 is 5.91 Å². The predicted molar refractivity (Wildman–Crippen MR) is 72.9 cm³/mol. The molecular formula is C15H21FN2O. The summed E-state index contributed by atoms with van der Waals surface area (Å²) >= 11 is 0. The molecule has 3 nitrogen and oxygen atoms in total. The van der Waals surface area contributed by atoms with E-state index in [1.807, 2.05) is 0 Å². The maximum absolute atomic E-state index is 13.6. The summed E-state index contributed by atoms with van der Waals surface area (Å²) in [4.78, 5) is 12.2. The number of carbonyl (C=O) groups excluding carboxylic acids is 1. The van der Waals surface area contributed by atoms with Gasteiger partial charge < -0.3 is 11.1 Å². The van der Waals surface area contributed by atoms with Gasteiger partial charge in [-0.2, -0.15) is 0 Å². The van der Waals surface area contributed by atoms with Crippen molar-refractivity contribution in [2.75, 3.05) is 0 Å². The summed E-state index contributed by atoms with van der Waals surface area (Å²) < 4.78 is 13.6. The van der Waals surface area contributed by atoms with E-state index >= 15 is 0 Å². The van der Waals surface area contributed by atoms with Crippen LogP contribution in [0.3, 0.4) is 0 Å². The Balaban J connectivity index is 2.00. The van der Waals surface area contributed by atoms with Crippen LogP contribution in [0.5, 0.6) is 0 Å². The number of amides is 1. The van der Waals surface area contributed by atoms with Crippen molar-refractivity contribution in [3.05, 3.63) is 35.6 Å². The number of benzene rings is 1. The van der Waals surface area contributed by atoms with Crippen molar-refractivity contribution in [1.29, 1.82) is 0 Å². The monoisotopic (exact) mass is 264 g/mol. The smallest absolute Gasteiger partial charge is 0.225 e. The molecule has 1 aromatic carbocycles. The third kappa shape index (κ3) is 3.32. The molecule has 1 amide bonds. The van der Waals surface area contributed by atoms with Gasteiger partial charge in [-0.15, -0.1) is 0 Å². The Labute approximate surface area is 113 Å². The highest BCUT2D eigenvalue weighted by molar-refractivity contribution is 5.79. The Bertz CT molecular complexity index is 450. The first-order valence-corrected chi connectivity index (χ1v) is 6.90. The third-order valence-corrected chi connectivity index (χ3v) is 3.89. The van der Waals surface area contributed by atoms with E-state index in [4.69, 9.17) is 5.73 Å². The van der Waals surface area contributed by atoms with E-state index in [2.05, 4.69) is 5.32 Å². The molecule has 0 saturated heterocycles. The predicted octanol–water partition coefficient (Wildman–Crippen LogP) is 2.52. The highest BCUT2D eigenvalue weighted by atomic mass is 19.1. The lowest BCUT2D eigenvalue weighted by atomic mass is 9.84. The summed E-state index contributed by atoms with van der Waals surface area (Å²) in [6.07, 6.45) is 3.86. The molecule has 0 aromatic heterocycles. The molecule has 2 rings (SSSR count). The quantitative estimate of drug-likeness (QED) is 0.881. The molecule has 3 unspecified atom stereocenters. The van der Waals surface area contributed by atoms with Gasteiger partial charge in [-0.25, -0.2) is 4.39 Å². The molecule has 104 valence electrons. The van der Waals surface area contributed by atoms with Gasteiger partial charge >= 0.3 is 0 Å². The molecule has 1 saturated carbocycles. The van der Waals surface area contributed by atoms with E-state index in [0.717, 1.165) is 25.7 Å². The van der Waals surface area contributed by atoms with Crippen LogP contribution < -0.4 is 11.1 Å². The number of hydrogen-bond donors (Lipinski definition) is 2. The first kappa shape index (κ1) is 14.0. The van der Waals surface area contributed by atoms with Crippen LogP contribution in [0.15, 0.2) is 24.3 Å². The van der Waals surface area contributed by atoms with Gasteiger partial charge in [0.15, 0.2) is 0 Å². The first-order valence-electron chi connectivity index (χ1n) is 6.90. The lowest BCUT2D eigenvalue weighted by Gasteiger charge is -2.28. The fourth-order valence-electron chi connectivity index (χ4n) is 2.71. The van der Waals surface area contributed by atoms with E-state index < -0.39 is 0 Å². The second-order valence-corrected chi connectivity index (χ2v) is 5.31. The first-order chi connectivity index (χ1) is 9.09. The molecule has 0 radical (unpaired) electrons. The molecule has 1 aliphatic carbocycles. The Kier molecular flexibility index (Phi) is 4.53. The number of carbonyl (C=O) groups is 1. The van der Waals surface area contributed by atoms with Gasteiger partial charge in [0.25, 0.3) is 0 Å². The third-order valence-electron chi connectivity index (χ3n) is 3.89. The minimum atomic E-state index is -0.331. The zero-order valence-electron chi connectivity index (χ0n) is 11.2. The van der Waals surface area contributed by atoms with Crippen molar-refractivity contribution in [3.8, 4) is 0 Å². The van der Waals surface area contributed by atoms with Crippen LogP contribution in [0.2, 0.25) is 0 Å². The largest absolute Gasteiger partial charge is 0.349 e. The summed E-state index contributed by atoms with van der Waals surface area (Å²) in [6.45, 7) is 1.80. The summed E-state index contributed by atoms with van der Waals surface area (Å²) in [6, 6.07) is 6.12. The van der Waals surface area contributed by atoms with Crippen molar-refractivity contribution < 1.29 is 9.18 Å². The minimum Gasteiger partial charge on any atom is -0.349 e. The van der Waals surface area contributed by atoms with E-state index in [0.29, 0.717) is 5.56 Å². The fraction of sp³-hybridized carbons (Fsp3) is 0.533. The van der Waals surface area contributed by atoms with E-state index in [9.17, 15) is 9.18 Å². The van der Waals surface area contributed by atoms with Gasteiger partial charge in [-0.1, -0.05) is 31.0 Å². The Hall–Kier alpha value is -1.42. The second kappa shape index (κ2) is 6.15. The summed E-state index contributed by atoms with van der Waals surface area (Å²) in [7, 11) is 0. The molecule has 4 heteroatoms. The van der Waals surface area contributed by atoms with E-state index in [-0.39, 0.29) is 29.7 Å². The zero-order chi connectivity index (χ0) is 13.8. The van der Waals surface area contributed by atoms with Crippen LogP contribution in [0.25, 0.3) is 0 Å². The number of nitrogens with two attached hydrogens (primary N) is 1. The molecule has 3 N–H and O–H groups in total. The molecule has 1 aromatic rings. The highest BCUT2D eigenvalue weighted by Gasteiger charge is 2.29. The average molecular weight is 264 g/mol. The van der Waals surface area contributed by atoms with Gasteiger partial charge in [0.05, 0.1) is 12.0 Å². The lowest BCUT2D eigenvalue weighted by molar-refractivity contribution is -0.127. The molecular weight excluding hydrogens is 243 g/mol. The van der Waals surface area contributed by atoms with Crippen LogP contribution in [0, 0.1) is 11.7 Å². The van der Waals surface area contributed by atoms with E-state index in [1.54, 1.807) is 25.1 Å². The summed E-state index contributed by atoms with van der Waals surface area (Å²) in [5, 5.41) is 2.88. The minimum absolute atomic E-state index is 0.0528. The standard InChI is InChI=1S/C15H21FN2O/c1-10(11-6-2-4-8-13(11)16)18-15(19)12-7-3-5-9-14(12)17/h2,4,6,8,10,12,14H,3,5,7,9,17H2,1H3,(H,18,19). The number of rotatable bonds is 3. The average Bonchev–Trinajstić information content (AvgIpc) is 2.39. The van der Waals surface area contributed by atoms with Crippen molar-refractivity contribution in [2.45, 2.75) is 44.7 Å². The molecule has 3 atom stereocenters. The normalized spacial score (nSPS) is 24.8. The molecule has 19 heavy (non-hydrogen) atoms. The maximum Gasteiger partial charge on any atom is 0.225 e. The van der Waals surface area contributed by atoms with Crippen LogP contribution in [0.1, 0.15) is 44.2 Å². The van der Waals surface area contributed by atoms with Crippen LogP contribution >= 0.6 is 0 Å². The van der Waals surface area contributed by atoms with Crippen molar-refractivity contribution in [3.63, 3.8) is 0 Å². The second-order valence-electron chi connectivity index (χ2n) is 5.31. The van der Waals surface area contributed by atoms with Gasteiger partial charge in [-0.05, 0) is 25.8 Å². The molecule has 0 spiro atoms. The van der Waals surface area contributed by atoms with Crippen LogP contribution in [-0.4, -0.2) is 11.9 Å². The fourth-order valence-corrected chi connectivity index (χ4v) is 2.71. The van der Waals surface area contributed by atoms with E-state index in [1.165, 1.54) is 6.07 Å². The van der Waals surface area contributed by atoms with Crippen LogP contribution in [0.4, 0.5) is 4.39 Å². The van der Waals surface area contributed by atoms with Gasteiger partial charge in [-0.3, -0.25) is 4.79 Å². The van der Waals surface area contributed by atoms with Gasteiger partial charge in [0, 0.05) is 11.6 Å². The number of nitrogens with one attached hydrogen (secondary N) is 1. The van der Waals surface area contributed by atoms with Crippen molar-refractivity contribution in [2.24, 2.45) is 11.7 Å². The topological polar surface area (TPSA) is 55.1 Å². The highest BCUT2D eigenvalue weighted by Crippen LogP contribution is 2.24. The molecule has 0 heterocycles. The van der Waals surface area contributed by atoms with Gasteiger partial charge in [0.1, 0.15) is 5.82 Å². The number of halogens is 1. The molecule has 1 aliphatic rings. The summed E-state index contributed by atoms with van der Waals surface area (Å²) in [5.41, 5.74) is 6.50. The molecule has 0 aliphatic heterocycles. The van der Waals surface area contributed by atoms with Crippen molar-refractivity contribution in [1.82, 2.24) is 5.32 Å². The lowest BCUT2D eigenvalue weighted by Crippen LogP contribution is -2.44.